The molecule has 0 radical (unpaired) electrons. The minimum Gasteiger partial charge on any atom is -0.335 e. The lowest BCUT2D eigenvalue weighted by molar-refractivity contribution is -0.121. The highest BCUT2D eigenvalue weighted by molar-refractivity contribution is 5.95. The van der Waals surface area contributed by atoms with Crippen molar-refractivity contribution < 1.29 is 9.59 Å². The van der Waals surface area contributed by atoms with Crippen molar-refractivity contribution in [2.75, 3.05) is 19.6 Å². The van der Waals surface area contributed by atoms with Gasteiger partial charge < -0.3 is 5.32 Å². The standard InChI is InChI=1S/C19H29N3O2/c1-3-15(2)20-19(24)21-18(23)14-22-11-9-17(10-12-22)13-16-7-5-4-6-8-16/h4-8,15,17H,3,9-14H2,1-2H3,(H2,20,21,23,24)/t15-/m1/s1. The molecule has 0 unspecified atom stereocenters. The van der Waals surface area contributed by atoms with Crippen molar-refractivity contribution in [3.05, 3.63) is 35.9 Å². The molecule has 5 nitrogen and oxygen atoms in total. The van der Waals surface area contributed by atoms with Crippen LogP contribution in [0.3, 0.4) is 0 Å². The van der Waals surface area contributed by atoms with Gasteiger partial charge in [-0.25, -0.2) is 4.79 Å². The van der Waals surface area contributed by atoms with Gasteiger partial charge in [-0.15, -0.1) is 0 Å². The smallest absolute Gasteiger partial charge is 0.321 e. The molecule has 132 valence electrons. The van der Waals surface area contributed by atoms with Crippen LogP contribution in [-0.2, 0) is 11.2 Å². The summed E-state index contributed by atoms with van der Waals surface area (Å²) in [5, 5.41) is 5.16. The Bertz CT molecular complexity index is 525. The molecule has 5 heteroatoms. The van der Waals surface area contributed by atoms with Crippen LogP contribution >= 0.6 is 0 Å². The van der Waals surface area contributed by atoms with Crippen molar-refractivity contribution in [2.24, 2.45) is 5.92 Å². The van der Waals surface area contributed by atoms with Crippen LogP contribution in [-0.4, -0.2) is 42.5 Å². The second-order valence-electron chi connectivity index (χ2n) is 6.74. The van der Waals surface area contributed by atoms with Crippen molar-refractivity contribution in [3.63, 3.8) is 0 Å². The maximum Gasteiger partial charge on any atom is 0.321 e. The van der Waals surface area contributed by atoms with Crippen molar-refractivity contribution in [1.82, 2.24) is 15.5 Å². The van der Waals surface area contributed by atoms with Gasteiger partial charge in [0.1, 0.15) is 0 Å². The molecule has 2 N–H and O–H groups in total. The normalized spacial score (nSPS) is 17.2. The van der Waals surface area contributed by atoms with E-state index >= 15 is 0 Å². The van der Waals surface area contributed by atoms with Gasteiger partial charge in [0, 0.05) is 6.04 Å². The van der Waals surface area contributed by atoms with E-state index in [0.717, 1.165) is 38.8 Å². The average molecular weight is 331 g/mol. The van der Waals surface area contributed by atoms with E-state index < -0.39 is 6.03 Å². The zero-order valence-electron chi connectivity index (χ0n) is 14.8. The first-order valence-corrected chi connectivity index (χ1v) is 8.93. The zero-order valence-corrected chi connectivity index (χ0v) is 14.8. The van der Waals surface area contributed by atoms with E-state index in [1.54, 1.807) is 0 Å². The van der Waals surface area contributed by atoms with Crippen LogP contribution in [0.15, 0.2) is 30.3 Å². The van der Waals surface area contributed by atoms with Gasteiger partial charge in [0.2, 0.25) is 5.91 Å². The molecule has 3 amide bonds. The minimum atomic E-state index is -0.395. The quantitative estimate of drug-likeness (QED) is 0.842. The highest BCUT2D eigenvalue weighted by Crippen LogP contribution is 2.21. The van der Waals surface area contributed by atoms with Crippen LogP contribution < -0.4 is 10.6 Å². The van der Waals surface area contributed by atoms with E-state index in [4.69, 9.17) is 0 Å². The van der Waals surface area contributed by atoms with Crippen LogP contribution in [0.4, 0.5) is 4.79 Å². The van der Waals surface area contributed by atoms with Gasteiger partial charge in [0.05, 0.1) is 6.54 Å². The molecule has 1 aliphatic rings. The summed E-state index contributed by atoms with van der Waals surface area (Å²) >= 11 is 0. The first-order chi connectivity index (χ1) is 11.6. The van der Waals surface area contributed by atoms with Crippen molar-refractivity contribution in [2.45, 2.75) is 45.6 Å². The first-order valence-electron chi connectivity index (χ1n) is 8.93. The van der Waals surface area contributed by atoms with E-state index in [1.807, 2.05) is 19.9 Å². The first kappa shape index (κ1) is 18.5. The van der Waals surface area contributed by atoms with E-state index in [-0.39, 0.29) is 11.9 Å². The molecule has 1 heterocycles. The van der Waals surface area contributed by atoms with Crippen molar-refractivity contribution in [3.8, 4) is 0 Å². The molecule has 0 saturated carbocycles. The molecular weight excluding hydrogens is 302 g/mol. The van der Waals surface area contributed by atoms with Gasteiger partial charge in [-0.05, 0) is 57.2 Å². The van der Waals surface area contributed by atoms with Gasteiger partial charge in [-0.2, -0.15) is 0 Å². The van der Waals surface area contributed by atoms with E-state index in [0.29, 0.717) is 12.5 Å². The summed E-state index contributed by atoms with van der Waals surface area (Å²) in [5.74, 6) is 0.456. The fourth-order valence-corrected chi connectivity index (χ4v) is 3.03. The molecule has 1 aliphatic heterocycles. The molecule has 1 fully saturated rings. The summed E-state index contributed by atoms with van der Waals surface area (Å²) in [6.07, 6.45) is 4.15. The topological polar surface area (TPSA) is 61.4 Å². The molecular formula is C19H29N3O2. The minimum absolute atomic E-state index is 0.0755. The summed E-state index contributed by atoms with van der Waals surface area (Å²) in [7, 11) is 0. The van der Waals surface area contributed by atoms with Crippen LogP contribution in [0.25, 0.3) is 0 Å². The summed E-state index contributed by atoms with van der Waals surface area (Å²) in [6.45, 7) is 6.04. The van der Waals surface area contributed by atoms with Crippen LogP contribution in [0.2, 0.25) is 0 Å². The average Bonchev–Trinajstić information content (AvgIpc) is 2.57. The Morgan fingerprint density at radius 2 is 1.88 bits per heavy atom. The third-order valence-corrected chi connectivity index (χ3v) is 4.68. The Balaban J connectivity index is 1.67. The molecule has 1 aromatic rings. The number of carbonyl (C=O) groups is 2. The predicted octanol–water partition coefficient (Wildman–Crippen LogP) is 2.57. The largest absolute Gasteiger partial charge is 0.335 e. The Hall–Kier alpha value is -1.88. The van der Waals surface area contributed by atoms with Crippen LogP contribution in [0.1, 0.15) is 38.7 Å². The third-order valence-electron chi connectivity index (χ3n) is 4.68. The molecule has 0 bridgehead atoms. The van der Waals surface area contributed by atoms with E-state index in [2.05, 4.69) is 39.8 Å². The number of carbonyl (C=O) groups excluding carboxylic acids is 2. The monoisotopic (exact) mass is 331 g/mol. The number of nitrogens with zero attached hydrogens (tertiary/aromatic N) is 1. The Morgan fingerprint density at radius 1 is 1.21 bits per heavy atom. The lowest BCUT2D eigenvalue weighted by atomic mass is 9.90. The fourth-order valence-electron chi connectivity index (χ4n) is 3.03. The fraction of sp³-hybridized carbons (Fsp3) is 0.579. The number of nitrogens with one attached hydrogen (secondary N) is 2. The number of hydrogen-bond donors (Lipinski definition) is 2. The second-order valence-corrected chi connectivity index (χ2v) is 6.74. The molecule has 0 spiro atoms. The highest BCUT2D eigenvalue weighted by Gasteiger charge is 2.21. The third kappa shape index (κ3) is 6.32. The zero-order chi connectivity index (χ0) is 17.4. The number of piperidine rings is 1. The summed E-state index contributed by atoms with van der Waals surface area (Å²) in [5.41, 5.74) is 1.38. The molecule has 1 atom stereocenters. The molecule has 0 aromatic heterocycles. The van der Waals surface area contributed by atoms with Gasteiger partial charge in [0.25, 0.3) is 0 Å². The van der Waals surface area contributed by atoms with Gasteiger partial charge in [-0.1, -0.05) is 37.3 Å². The number of imide groups is 1. The van der Waals surface area contributed by atoms with Crippen molar-refractivity contribution >= 4 is 11.9 Å². The number of urea groups is 1. The highest BCUT2D eigenvalue weighted by atomic mass is 16.2. The summed E-state index contributed by atoms with van der Waals surface area (Å²) in [4.78, 5) is 25.7. The molecule has 2 rings (SSSR count). The second kappa shape index (κ2) is 9.42. The molecule has 0 aliphatic carbocycles. The Kier molecular flexibility index (Phi) is 7.25. The van der Waals surface area contributed by atoms with E-state index in [1.165, 1.54) is 5.56 Å². The van der Waals surface area contributed by atoms with Crippen LogP contribution in [0, 0.1) is 5.92 Å². The molecule has 24 heavy (non-hydrogen) atoms. The Labute approximate surface area is 144 Å². The summed E-state index contributed by atoms with van der Waals surface area (Å²) in [6, 6.07) is 10.2. The van der Waals surface area contributed by atoms with E-state index in [9.17, 15) is 9.59 Å². The number of hydrogen-bond acceptors (Lipinski definition) is 3. The number of likely N-dealkylation sites (tertiary alicyclic amines) is 1. The number of benzene rings is 1. The number of rotatable bonds is 6. The van der Waals surface area contributed by atoms with Crippen molar-refractivity contribution in [1.29, 1.82) is 0 Å². The SMILES string of the molecule is CC[C@@H](C)NC(=O)NC(=O)CN1CCC(Cc2ccccc2)CC1. The number of amides is 3. The van der Waals surface area contributed by atoms with Gasteiger partial charge in [-0.3, -0.25) is 15.0 Å². The van der Waals surface area contributed by atoms with Gasteiger partial charge in [0.15, 0.2) is 0 Å². The lowest BCUT2D eigenvalue weighted by Gasteiger charge is -2.31. The molecule has 1 saturated heterocycles. The maximum absolute atomic E-state index is 12.0. The van der Waals surface area contributed by atoms with Crippen LogP contribution in [0.5, 0.6) is 0 Å². The lowest BCUT2D eigenvalue weighted by Crippen LogP contribution is -2.48. The van der Waals surface area contributed by atoms with Gasteiger partial charge >= 0.3 is 6.03 Å². The predicted molar refractivity (Wildman–Crippen MR) is 95.7 cm³/mol. The maximum atomic E-state index is 12.0. The molecule has 1 aromatic carbocycles. The summed E-state index contributed by atoms with van der Waals surface area (Å²) < 4.78 is 0. The Morgan fingerprint density at radius 3 is 2.50 bits per heavy atom.